The standard InChI is InChI=1S/C19H18O3/c20-17-7-3-4-13(10-17)11-18(19(21)22)16-9-8-14-5-1-2-6-15(14)12-16/h3-4,7-12,20H,1-2,5-6H2,(H,21,22)/b18-11-. The molecule has 22 heavy (non-hydrogen) atoms. The quantitative estimate of drug-likeness (QED) is 0.667. The number of phenolic OH excluding ortho intramolecular Hbond substituents is 1. The van der Waals surface area contributed by atoms with Gasteiger partial charge in [0.25, 0.3) is 0 Å². The Morgan fingerprint density at radius 2 is 1.77 bits per heavy atom. The molecule has 3 heteroatoms. The lowest BCUT2D eigenvalue weighted by atomic mass is 9.89. The summed E-state index contributed by atoms with van der Waals surface area (Å²) >= 11 is 0. The third-order valence-corrected chi connectivity index (χ3v) is 4.07. The molecule has 112 valence electrons. The number of rotatable bonds is 3. The fourth-order valence-corrected chi connectivity index (χ4v) is 2.95. The van der Waals surface area contributed by atoms with E-state index >= 15 is 0 Å². The molecule has 0 spiro atoms. The number of fused-ring (bicyclic) bond motifs is 1. The normalized spacial score (nSPS) is 14.5. The van der Waals surface area contributed by atoms with Crippen LogP contribution in [0.3, 0.4) is 0 Å². The Morgan fingerprint density at radius 1 is 1.00 bits per heavy atom. The molecule has 2 aromatic carbocycles. The molecule has 0 unspecified atom stereocenters. The van der Waals surface area contributed by atoms with E-state index in [1.54, 1.807) is 30.3 Å². The highest BCUT2D eigenvalue weighted by atomic mass is 16.4. The molecule has 0 aliphatic heterocycles. The molecule has 2 aromatic rings. The number of carboxylic acid groups (broad SMARTS) is 1. The number of aryl methyl sites for hydroxylation is 2. The maximum Gasteiger partial charge on any atom is 0.336 e. The Kier molecular flexibility index (Phi) is 3.96. The van der Waals surface area contributed by atoms with Crippen molar-refractivity contribution in [3.63, 3.8) is 0 Å². The summed E-state index contributed by atoms with van der Waals surface area (Å²) in [5.74, 6) is -0.831. The van der Waals surface area contributed by atoms with Gasteiger partial charge < -0.3 is 10.2 Å². The molecular formula is C19H18O3. The van der Waals surface area contributed by atoms with Gasteiger partial charge in [-0.05, 0) is 66.1 Å². The Labute approximate surface area is 129 Å². The molecule has 1 aliphatic carbocycles. The van der Waals surface area contributed by atoms with Gasteiger partial charge in [-0.15, -0.1) is 0 Å². The molecule has 0 bridgehead atoms. The molecule has 0 fully saturated rings. The van der Waals surface area contributed by atoms with Crippen LogP contribution in [-0.2, 0) is 17.6 Å². The van der Waals surface area contributed by atoms with E-state index < -0.39 is 5.97 Å². The monoisotopic (exact) mass is 294 g/mol. The molecule has 2 N–H and O–H groups in total. The fraction of sp³-hybridized carbons (Fsp3) is 0.211. The smallest absolute Gasteiger partial charge is 0.336 e. The first-order chi connectivity index (χ1) is 10.6. The van der Waals surface area contributed by atoms with Crippen LogP contribution in [0.15, 0.2) is 42.5 Å². The maximum atomic E-state index is 11.6. The van der Waals surface area contributed by atoms with Crippen molar-refractivity contribution in [3.05, 3.63) is 64.7 Å². The Bertz CT molecular complexity index is 744. The third kappa shape index (κ3) is 3.03. The summed E-state index contributed by atoms with van der Waals surface area (Å²) in [7, 11) is 0. The van der Waals surface area contributed by atoms with E-state index in [2.05, 4.69) is 0 Å². The Balaban J connectivity index is 2.03. The first kappa shape index (κ1) is 14.4. The maximum absolute atomic E-state index is 11.6. The first-order valence-electron chi connectivity index (χ1n) is 7.50. The number of carbonyl (C=O) groups is 1. The van der Waals surface area contributed by atoms with Crippen LogP contribution in [0.2, 0.25) is 0 Å². The highest BCUT2D eigenvalue weighted by Crippen LogP contribution is 2.27. The number of hydrogen-bond donors (Lipinski definition) is 2. The molecular weight excluding hydrogens is 276 g/mol. The molecule has 3 nitrogen and oxygen atoms in total. The van der Waals surface area contributed by atoms with Crippen molar-refractivity contribution in [1.82, 2.24) is 0 Å². The van der Waals surface area contributed by atoms with E-state index in [0.29, 0.717) is 5.56 Å². The number of benzene rings is 2. The molecule has 0 radical (unpaired) electrons. The van der Waals surface area contributed by atoms with Gasteiger partial charge in [-0.3, -0.25) is 0 Å². The van der Waals surface area contributed by atoms with Crippen molar-refractivity contribution >= 4 is 17.6 Å². The predicted molar refractivity (Wildman–Crippen MR) is 86.7 cm³/mol. The van der Waals surface area contributed by atoms with Gasteiger partial charge in [0.1, 0.15) is 5.75 Å². The largest absolute Gasteiger partial charge is 0.508 e. The van der Waals surface area contributed by atoms with Crippen LogP contribution >= 0.6 is 0 Å². The zero-order chi connectivity index (χ0) is 15.5. The zero-order valence-electron chi connectivity index (χ0n) is 12.2. The lowest BCUT2D eigenvalue weighted by Gasteiger charge is -2.16. The van der Waals surface area contributed by atoms with Gasteiger partial charge in [-0.1, -0.05) is 30.3 Å². The van der Waals surface area contributed by atoms with Crippen molar-refractivity contribution in [1.29, 1.82) is 0 Å². The van der Waals surface area contributed by atoms with Crippen molar-refractivity contribution in [3.8, 4) is 5.75 Å². The molecule has 0 heterocycles. The number of aromatic hydroxyl groups is 1. The zero-order valence-corrected chi connectivity index (χ0v) is 12.2. The summed E-state index contributed by atoms with van der Waals surface area (Å²) < 4.78 is 0. The van der Waals surface area contributed by atoms with E-state index in [4.69, 9.17) is 0 Å². The van der Waals surface area contributed by atoms with Crippen LogP contribution in [-0.4, -0.2) is 16.2 Å². The van der Waals surface area contributed by atoms with Crippen LogP contribution in [0.4, 0.5) is 0 Å². The van der Waals surface area contributed by atoms with Crippen molar-refractivity contribution in [2.45, 2.75) is 25.7 Å². The number of aliphatic carboxylic acids is 1. The van der Waals surface area contributed by atoms with Gasteiger partial charge in [-0.2, -0.15) is 0 Å². The van der Waals surface area contributed by atoms with E-state index in [-0.39, 0.29) is 11.3 Å². The number of hydrogen-bond acceptors (Lipinski definition) is 2. The van der Waals surface area contributed by atoms with Gasteiger partial charge in [0.2, 0.25) is 0 Å². The minimum Gasteiger partial charge on any atom is -0.508 e. The van der Waals surface area contributed by atoms with E-state index in [1.807, 2.05) is 18.2 Å². The molecule has 0 saturated heterocycles. The fourth-order valence-electron chi connectivity index (χ4n) is 2.95. The summed E-state index contributed by atoms with van der Waals surface area (Å²) in [5.41, 5.74) is 4.23. The lowest BCUT2D eigenvalue weighted by Crippen LogP contribution is -2.05. The number of phenols is 1. The average molecular weight is 294 g/mol. The second-order valence-corrected chi connectivity index (χ2v) is 5.65. The topological polar surface area (TPSA) is 57.5 Å². The van der Waals surface area contributed by atoms with Gasteiger partial charge >= 0.3 is 5.97 Å². The summed E-state index contributed by atoms with van der Waals surface area (Å²) in [4.78, 5) is 11.6. The van der Waals surface area contributed by atoms with Crippen LogP contribution in [0, 0.1) is 0 Å². The lowest BCUT2D eigenvalue weighted by molar-refractivity contribution is -0.130. The van der Waals surface area contributed by atoms with E-state index in [9.17, 15) is 15.0 Å². The molecule has 0 amide bonds. The summed E-state index contributed by atoms with van der Waals surface area (Å²) in [5, 5.41) is 19.0. The second-order valence-electron chi connectivity index (χ2n) is 5.65. The minimum atomic E-state index is -0.959. The Hall–Kier alpha value is -2.55. The van der Waals surface area contributed by atoms with Crippen LogP contribution in [0.5, 0.6) is 5.75 Å². The van der Waals surface area contributed by atoms with Gasteiger partial charge in [-0.25, -0.2) is 4.79 Å². The second kappa shape index (κ2) is 6.06. The van der Waals surface area contributed by atoms with E-state index in [1.165, 1.54) is 17.5 Å². The van der Waals surface area contributed by atoms with Gasteiger partial charge in [0.15, 0.2) is 0 Å². The number of carboxylic acids is 1. The molecule has 0 atom stereocenters. The third-order valence-electron chi connectivity index (χ3n) is 4.07. The molecule has 1 aliphatic rings. The SMILES string of the molecule is O=C(O)/C(=C\c1cccc(O)c1)c1ccc2c(c1)CCCC2. The highest BCUT2D eigenvalue weighted by Gasteiger charge is 2.15. The minimum absolute atomic E-state index is 0.129. The summed E-state index contributed by atoms with van der Waals surface area (Å²) in [6.07, 6.45) is 6.06. The van der Waals surface area contributed by atoms with Crippen LogP contribution in [0.25, 0.3) is 11.6 Å². The molecule has 0 saturated carbocycles. The summed E-state index contributed by atoms with van der Waals surface area (Å²) in [6.45, 7) is 0. The molecule has 3 rings (SSSR count). The van der Waals surface area contributed by atoms with Gasteiger partial charge in [0, 0.05) is 0 Å². The predicted octanol–water partition coefficient (Wildman–Crippen LogP) is 3.90. The highest BCUT2D eigenvalue weighted by molar-refractivity contribution is 6.20. The average Bonchev–Trinajstić information content (AvgIpc) is 2.52. The van der Waals surface area contributed by atoms with Crippen LogP contribution in [0.1, 0.15) is 35.1 Å². The van der Waals surface area contributed by atoms with Gasteiger partial charge in [0.05, 0.1) is 5.57 Å². The van der Waals surface area contributed by atoms with Crippen molar-refractivity contribution in [2.75, 3.05) is 0 Å². The first-order valence-corrected chi connectivity index (χ1v) is 7.50. The van der Waals surface area contributed by atoms with E-state index in [0.717, 1.165) is 24.8 Å². The Morgan fingerprint density at radius 3 is 2.50 bits per heavy atom. The van der Waals surface area contributed by atoms with Crippen molar-refractivity contribution < 1.29 is 15.0 Å². The van der Waals surface area contributed by atoms with Crippen LogP contribution < -0.4 is 0 Å². The van der Waals surface area contributed by atoms with Crippen molar-refractivity contribution in [2.24, 2.45) is 0 Å². The summed E-state index contributed by atoms with van der Waals surface area (Å²) in [6, 6.07) is 12.5. The molecule has 0 aromatic heterocycles.